The molecule has 86 valence electrons. The van der Waals surface area contributed by atoms with E-state index in [0.717, 1.165) is 13.1 Å². The first-order chi connectivity index (χ1) is 6.85. The SMILES string of the molecule is CC1CN(CC(C)(N)C#N)CC(C)N1C. The van der Waals surface area contributed by atoms with E-state index in [1.807, 2.05) is 0 Å². The summed E-state index contributed by atoms with van der Waals surface area (Å²) in [7, 11) is 2.15. The maximum atomic E-state index is 8.90. The first-order valence-corrected chi connectivity index (χ1v) is 5.50. The molecule has 4 heteroatoms. The van der Waals surface area contributed by atoms with Gasteiger partial charge in [0.05, 0.1) is 6.07 Å². The van der Waals surface area contributed by atoms with E-state index in [9.17, 15) is 0 Å². The summed E-state index contributed by atoms with van der Waals surface area (Å²) in [6.07, 6.45) is 0. The zero-order valence-electron chi connectivity index (χ0n) is 10.2. The van der Waals surface area contributed by atoms with Crippen LogP contribution in [0.5, 0.6) is 0 Å². The Hall–Kier alpha value is -0.630. The van der Waals surface area contributed by atoms with Crippen LogP contribution < -0.4 is 5.73 Å². The van der Waals surface area contributed by atoms with Gasteiger partial charge < -0.3 is 5.73 Å². The minimum Gasteiger partial charge on any atom is -0.313 e. The van der Waals surface area contributed by atoms with E-state index in [0.29, 0.717) is 18.6 Å². The molecule has 1 rings (SSSR count). The van der Waals surface area contributed by atoms with E-state index in [-0.39, 0.29) is 0 Å². The molecule has 1 heterocycles. The number of nitrogens with two attached hydrogens (primary N) is 1. The molecule has 0 bridgehead atoms. The summed E-state index contributed by atoms with van der Waals surface area (Å²) < 4.78 is 0. The summed E-state index contributed by atoms with van der Waals surface area (Å²) in [4.78, 5) is 4.66. The molecule has 1 fully saturated rings. The zero-order chi connectivity index (χ0) is 11.6. The highest BCUT2D eigenvalue weighted by Gasteiger charge is 2.30. The van der Waals surface area contributed by atoms with Crippen LogP contribution in [-0.2, 0) is 0 Å². The number of rotatable bonds is 2. The lowest BCUT2D eigenvalue weighted by Crippen LogP contribution is -2.58. The summed E-state index contributed by atoms with van der Waals surface area (Å²) in [6, 6.07) is 3.21. The molecule has 2 N–H and O–H groups in total. The fourth-order valence-electron chi connectivity index (χ4n) is 2.14. The Labute approximate surface area is 92.6 Å². The lowest BCUT2D eigenvalue weighted by Gasteiger charge is -2.43. The maximum absolute atomic E-state index is 8.90. The maximum Gasteiger partial charge on any atom is 0.114 e. The highest BCUT2D eigenvalue weighted by Crippen LogP contribution is 2.14. The lowest BCUT2D eigenvalue weighted by atomic mass is 10.0. The van der Waals surface area contributed by atoms with Crippen molar-refractivity contribution in [3.05, 3.63) is 0 Å². The third kappa shape index (κ3) is 3.16. The number of hydrogen-bond donors (Lipinski definition) is 1. The monoisotopic (exact) mass is 210 g/mol. The number of nitriles is 1. The Morgan fingerprint density at radius 1 is 1.40 bits per heavy atom. The van der Waals surface area contributed by atoms with Crippen molar-refractivity contribution in [1.29, 1.82) is 5.26 Å². The largest absolute Gasteiger partial charge is 0.313 e. The summed E-state index contributed by atoms with van der Waals surface area (Å²) in [5, 5.41) is 8.90. The third-order valence-corrected chi connectivity index (χ3v) is 3.24. The van der Waals surface area contributed by atoms with Crippen LogP contribution in [0.25, 0.3) is 0 Å². The van der Waals surface area contributed by atoms with E-state index in [1.165, 1.54) is 0 Å². The Morgan fingerprint density at radius 2 is 1.87 bits per heavy atom. The van der Waals surface area contributed by atoms with Gasteiger partial charge in [0.15, 0.2) is 0 Å². The number of piperazine rings is 1. The summed E-state index contributed by atoms with van der Waals surface area (Å²) in [5.41, 5.74) is 5.13. The lowest BCUT2D eigenvalue weighted by molar-refractivity contribution is 0.0531. The van der Waals surface area contributed by atoms with Crippen molar-refractivity contribution in [2.24, 2.45) is 5.73 Å². The Balaban J connectivity index is 2.56. The van der Waals surface area contributed by atoms with Crippen LogP contribution >= 0.6 is 0 Å². The molecule has 0 amide bonds. The summed E-state index contributed by atoms with van der Waals surface area (Å²) >= 11 is 0. The van der Waals surface area contributed by atoms with Gasteiger partial charge in [0.1, 0.15) is 5.54 Å². The van der Waals surface area contributed by atoms with Gasteiger partial charge in [-0.25, -0.2) is 0 Å². The van der Waals surface area contributed by atoms with Crippen molar-refractivity contribution in [3.63, 3.8) is 0 Å². The summed E-state index contributed by atoms with van der Waals surface area (Å²) in [6.45, 7) is 8.86. The van der Waals surface area contributed by atoms with Gasteiger partial charge in [0.2, 0.25) is 0 Å². The molecule has 0 aromatic carbocycles. The van der Waals surface area contributed by atoms with Crippen molar-refractivity contribution in [2.75, 3.05) is 26.7 Å². The van der Waals surface area contributed by atoms with Crippen LogP contribution in [0.1, 0.15) is 20.8 Å². The first-order valence-electron chi connectivity index (χ1n) is 5.50. The van der Waals surface area contributed by atoms with Crippen molar-refractivity contribution in [2.45, 2.75) is 38.4 Å². The van der Waals surface area contributed by atoms with Crippen LogP contribution in [0.3, 0.4) is 0 Å². The second-order valence-corrected chi connectivity index (χ2v) is 5.09. The van der Waals surface area contributed by atoms with Crippen LogP contribution in [0.4, 0.5) is 0 Å². The zero-order valence-corrected chi connectivity index (χ0v) is 10.2. The fourth-order valence-corrected chi connectivity index (χ4v) is 2.14. The quantitative estimate of drug-likeness (QED) is 0.710. The van der Waals surface area contributed by atoms with Crippen LogP contribution in [0.2, 0.25) is 0 Å². The van der Waals surface area contributed by atoms with E-state index >= 15 is 0 Å². The first kappa shape index (κ1) is 12.4. The average molecular weight is 210 g/mol. The molecular formula is C11H22N4. The fraction of sp³-hybridized carbons (Fsp3) is 0.909. The van der Waals surface area contributed by atoms with Crippen molar-refractivity contribution < 1.29 is 0 Å². The Kier molecular flexibility index (Phi) is 3.72. The normalized spacial score (nSPS) is 33.3. The summed E-state index contributed by atoms with van der Waals surface area (Å²) in [5.74, 6) is 0. The van der Waals surface area contributed by atoms with Crippen LogP contribution in [0.15, 0.2) is 0 Å². The second kappa shape index (κ2) is 4.48. The van der Waals surface area contributed by atoms with Crippen LogP contribution in [0, 0.1) is 11.3 Å². The molecule has 3 unspecified atom stereocenters. The molecular weight excluding hydrogens is 188 g/mol. The number of likely N-dealkylation sites (N-methyl/N-ethyl adjacent to an activating group) is 1. The second-order valence-electron chi connectivity index (χ2n) is 5.09. The van der Waals surface area contributed by atoms with Gasteiger partial charge >= 0.3 is 0 Å². The molecule has 15 heavy (non-hydrogen) atoms. The highest BCUT2D eigenvalue weighted by molar-refractivity contribution is 5.04. The van der Waals surface area contributed by atoms with Gasteiger partial charge in [-0.05, 0) is 27.8 Å². The molecule has 0 saturated carbocycles. The van der Waals surface area contributed by atoms with Gasteiger partial charge in [-0.3, -0.25) is 9.80 Å². The minimum atomic E-state index is -0.727. The topological polar surface area (TPSA) is 56.3 Å². The number of nitrogens with zero attached hydrogens (tertiary/aromatic N) is 3. The van der Waals surface area contributed by atoms with Gasteiger partial charge in [0.25, 0.3) is 0 Å². The third-order valence-electron chi connectivity index (χ3n) is 3.24. The molecule has 0 aliphatic carbocycles. The predicted molar refractivity (Wildman–Crippen MR) is 61.3 cm³/mol. The molecule has 3 atom stereocenters. The Morgan fingerprint density at radius 3 is 2.27 bits per heavy atom. The molecule has 0 radical (unpaired) electrons. The van der Waals surface area contributed by atoms with Gasteiger partial charge in [-0.2, -0.15) is 5.26 Å². The van der Waals surface area contributed by atoms with Gasteiger partial charge in [-0.1, -0.05) is 0 Å². The predicted octanol–water partition coefficient (Wildman–Crippen LogP) is 0.252. The highest BCUT2D eigenvalue weighted by atomic mass is 15.3. The van der Waals surface area contributed by atoms with E-state index in [1.54, 1.807) is 6.92 Å². The van der Waals surface area contributed by atoms with Gasteiger partial charge in [-0.15, -0.1) is 0 Å². The van der Waals surface area contributed by atoms with Crippen molar-refractivity contribution in [1.82, 2.24) is 9.80 Å². The number of hydrogen-bond acceptors (Lipinski definition) is 4. The minimum absolute atomic E-state index is 0.531. The molecule has 0 aromatic rings. The van der Waals surface area contributed by atoms with E-state index in [2.05, 4.69) is 36.8 Å². The molecule has 1 aliphatic rings. The average Bonchev–Trinajstić information content (AvgIpc) is 2.13. The smallest absolute Gasteiger partial charge is 0.114 e. The molecule has 4 nitrogen and oxygen atoms in total. The van der Waals surface area contributed by atoms with Crippen molar-refractivity contribution >= 4 is 0 Å². The van der Waals surface area contributed by atoms with E-state index in [4.69, 9.17) is 11.0 Å². The van der Waals surface area contributed by atoms with Gasteiger partial charge in [0, 0.05) is 31.7 Å². The molecule has 1 aliphatic heterocycles. The van der Waals surface area contributed by atoms with Crippen molar-refractivity contribution in [3.8, 4) is 6.07 Å². The molecule has 0 aromatic heterocycles. The van der Waals surface area contributed by atoms with E-state index < -0.39 is 5.54 Å². The van der Waals surface area contributed by atoms with Crippen LogP contribution in [-0.4, -0.2) is 54.1 Å². The standard InChI is InChI=1S/C11H22N4/c1-9-5-15(6-10(2)14(9)4)8-11(3,13)7-12/h9-10H,5-6,8,13H2,1-4H3. The Bertz CT molecular complexity index is 244. The molecule has 1 saturated heterocycles. The molecule has 0 spiro atoms.